The molecule has 0 atom stereocenters. The molecular formula is C14H23N3O2. The summed E-state index contributed by atoms with van der Waals surface area (Å²) in [6.45, 7) is 5.92. The molecule has 1 N–H and O–H groups in total. The second-order valence-corrected chi connectivity index (χ2v) is 4.70. The monoisotopic (exact) mass is 265 g/mol. The molecule has 2 rings (SSSR count). The van der Waals surface area contributed by atoms with Crippen LogP contribution in [0.1, 0.15) is 45.4 Å². The second-order valence-electron chi connectivity index (χ2n) is 4.70. The van der Waals surface area contributed by atoms with E-state index >= 15 is 0 Å². The van der Waals surface area contributed by atoms with Gasteiger partial charge in [0.15, 0.2) is 5.82 Å². The predicted octanol–water partition coefficient (Wildman–Crippen LogP) is 2.77. The van der Waals surface area contributed by atoms with Gasteiger partial charge in [-0.2, -0.15) is 4.98 Å². The van der Waals surface area contributed by atoms with E-state index in [1.807, 2.05) is 19.9 Å². The van der Waals surface area contributed by atoms with Crippen molar-refractivity contribution in [2.45, 2.75) is 52.2 Å². The molecule has 1 aliphatic carbocycles. The molecule has 0 spiro atoms. The molecule has 106 valence electrons. The molecule has 1 aromatic rings. The van der Waals surface area contributed by atoms with Gasteiger partial charge in [-0.3, -0.25) is 0 Å². The maximum atomic E-state index is 5.94. The quantitative estimate of drug-likeness (QED) is 0.821. The number of hydrogen-bond donors (Lipinski definition) is 1. The van der Waals surface area contributed by atoms with Crippen LogP contribution in [0.3, 0.4) is 0 Å². The van der Waals surface area contributed by atoms with Crippen LogP contribution in [0.5, 0.6) is 5.88 Å². The number of ether oxygens (including phenoxy) is 2. The van der Waals surface area contributed by atoms with Gasteiger partial charge in [0.25, 0.3) is 0 Å². The summed E-state index contributed by atoms with van der Waals surface area (Å²) < 4.78 is 11.3. The number of anilines is 1. The van der Waals surface area contributed by atoms with Gasteiger partial charge >= 0.3 is 0 Å². The van der Waals surface area contributed by atoms with Crippen molar-refractivity contribution in [1.29, 1.82) is 0 Å². The van der Waals surface area contributed by atoms with Gasteiger partial charge in [-0.05, 0) is 39.5 Å². The minimum absolute atomic E-state index is 0.310. The Hall–Kier alpha value is -1.36. The van der Waals surface area contributed by atoms with E-state index in [2.05, 4.69) is 15.3 Å². The van der Waals surface area contributed by atoms with E-state index in [4.69, 9.17) is 9.47 Å². The average molecular weight is 265 g/mol. The second kappa shape index (κ2) is 7.28. The highest BCUT2D eigenvalue weighted by molar-refractivity contribution is 5.38. The van der Waals surface area contributed by atoms with Gasteiger partial charge in [0.2, 0.25) is 5.88 Å². The molecule has 1 fully saturated rings. The third-order valence-electron chi connectivity index (χ3n) is 3.13. The smallest absolute Gasteiger partial charge is 0.219 e. The van der Waals surface area contributed by atoms with Crippen molar-refractivity contribution < 1.29 is 9.47 Å². The van der Waals surface area contributed by atoms with Gasteiger partial charge in [0.05, 0.1) is 0 Å². The molecule has 0 saturated heterocycles. The number of rotatable bonds is 7. The highest BCUT2D eigenvalue weighted by Crippen LogP contribution is 2.24. The van der Waals surface area contributed by atoms with Crippen molar-refractivity contribution in [3.8, 4) is 5.88 Å². The van der Waals surface area contributed by atoms with Crippen LogP contribution in [0, 0.1) is 0 Å². The van der Waals surface area contributed by atoms with E-state index < -0.39 is 0 Å². The Labute approximate surface area is 114 Å². The average Bonchev–Trinajstić information content (AvgIpc) is 2.89. The Kier molecular flexibility index (Phi) is 5.39. The molecule has 0 unspecified atom stereocenters. The lowest BCUT2D eigenvalue weighted by molar-refractivity contribution is 0.126. The van der Waals surface area contributed by atoms with Crippen LogP contribution in [-0.2, 0) is 11.3 Å². The first-order chi connectivity index (χ1) is 9.31. The summed E-state index contributed by atoms with van der Waals surface area (Å²) in [5, 5.41) is 3.20. The Morgan fingerprint density at radius 1 is 1.26 bits per heavy atom. The van der Waals surface area contributed by atoms with Gasteiger partial charge in [-0.25, -0.2) is 4.98 Å². The van der Waals surface area contributed by atoms with Gasteiger partial charge in [-0.1, -0.05) is 0 Å². The van der Waals surface area contributed by atoms with E-state index in [0.717, 1.165) is 25.2 Å². The zero-order valence-electron chi connectivity index (χ0n) is 11.8. The fourth-order valence-corrected chi connectivity index (χ4v) is 2.24. The Bertz CT molecular complexity index is 392. The molecule has 0 aliphatic heterocycles. The van der Waals surface area contributed by atoms with Crippen molar-refractivity contribution in [1.82, 2.24) is 9.97 Å². The van der Waals surface area contributed by atoms with Crippen LogP contribution in [0.4, 0.5) is 5.82 Å². The summed E-state index contributed by atoms with van der Waals surface area (Å²) in [6.07, 6.45) is 5.07. The molecule has 0 amide bonds. The molecule has 0 radical (unpaired) electrons. The van der Waals surface area contributed by atoms with Crippen molar-refractivity contribution >= 4 is 5.82 Å². The first kappa shape index (κ1) is 14.1. The van der Waals surface area contributed by atoms with Gasteiger partial charge in [-0.15, -0.1) is 0 Å². The number of nitrogens with zero attached hydrogens (tertiary/aromatic N) is 2. The maximum Gasteiger partial charge on any atom is 0.219 e. The number of nitrogens with one attached hydrogen (secondary N) is 1. The molecule has 0 bridgehead atoms. The van der Waals surface area contributed by atoms with E-state index in [0.29, 0.717) is 31.0 Å². The zero-order chi connectivity index (χ0) is 13.5. The van der Waals surface area contributed by atoms with Gasteiger partial charge in [0.1, 0.15) is 18.5 Å². The summed E-state index contributed by atoms with van der Waals surface area (Å²) >= 11 is 0. The standard InChI is InChI=1S/C14H23N3O2/c1-3-15-12-9-14(19-11-7-5-6-8-11)17-13(16-12)10-18-4-2/h9,11H,3-8,10H2,1-2H3,(H,15,16,17). The number of aromatic nitrogens is 2. The van der Waals surface area contributed by atoms with Crippen LogP contribution in [0.2, 0.25) is 0 Å². The third kappa shape index (κ3) is 4.35. The van der Waals surface area contributed by atoms with Crippen LogP contribution >= 0.6 is 0 Å². The molecule has 0 aromatic carbocycles. The molecule has 1 aromatic heterocycles. The SMILES string of the molecule is CCNc1cc(OC2CCCC2)nc(COCC)n1. The molecule has 5 nitrogen and oxygen atoms in total. The summed E-state index contributed by atoms with van der Waals surface area (Å²) in [7, 11) is 0. The van der Waals surface area contributed by atoms with Crippen molar-refractivity contribution in [2.75, 3.05) is 18.5 Å². The summed E-state index contributed by atoms with van der Waals surface area (Å²) in [6, 6.07) is 1.87. The molecule has 1 saturated carbocycles. The fourth-order valence-electron chi connectivity index (χ4n) is 2.24. The highest BCUT2D eigenvalue weighted by atomic mass is 16.5. The lowest BCUT2D eigenvalue weighted by Gasteiger charge is -2.14. The fraction of sp³-hybridized carbons (Fsp3) is 0.714. The van der Waals surface area contributed by atoms with Crippen molar-refractivity contribution in [3.63, 3.8) is 0 Å². The van der Waals surface area contributed by atoms with E-state index in [9.17, 15) is 0 Å². The van der Waals surface area contributed by atoms with Crippen molar-refractivity contribution in [3.05, 3.63) is 11.9 Å². The van der Waals surface area contributed by atoms with Crippen molar-refractivity contribution in [2.24, 2.45) is 0 Å². The molecule has 19 heavy (non-hydrogen) atoms. The highest BCUT2D eigenvalue weighted by Gasteiger charge is 2.18. The van der Waals surface area contributed by atoms with Crippen LogP contribution in [0.25, 0.3) is 0 Å². The minimum atomic E-state index is 0.310. The summed E-state index contributed by atoms with van der Waals surface area (Å²) in [5.74, 6) is 2.14. The largest absolute Gasteiger partial charge is 0.474 e. The lowest BCUT2D eigenvalue weighted by atomic mass is 10.3. The van der Waals surface area contributed by atoms with Crippen LogP contribution < -0.4 is 10.1 Å². The Morgan fingerprint density at radius 3 is 2.74 bits per heavy atom. The van der Waals surface area contributed by atoms with Gasteiger partial charge < -0.3 is 14.8 Å². The first-order valence-corrected chi connectivity index (χ1v) is 7.18. The number of hydrogen-bond acceptors (Lipinski definition) is 5. The maximum absolute atomic E-state index is 5.94. The zero-order valence-corrected chi connectivity index (χ0v) is 11.8. The molecular weight excluding hydrogens is 242 g/mol. The minimum Gasteiger partial charge on any atom is -0.474 e. The topological polar surface area (TPSA) is 56.3 Å². The van der Waals surface area contributed by atoms with Crippen LogP contribution in [0.15, 0.2) is 6.07 Å². The summed E-state index contributed by atoms with van der Waals surface area (Å²) in [5.41, 5.74) is 0. The predicted molar refractivity (Wildman–Crippen MR) is 74.4 cm³/mol. The third-order valence-corrected chi connectivity index (χ3v) is 3.13. The van der Waals surface area contributed by atoms with Gasteiger partial charge in [0, 0.05) is 19.2 Å². The molecule has 5 heteroatoms. The van der Waals surface area contributed by atoms with E-state index in [-0.39, 0.29) is 0 Å². The Balaban J connectivity index is 2.07. The lowest BCUT2D eigenvalue weighted by Crippen LogP contribution is -2.14. The Morgan fingerprint density at radius 2 is 2.05 bits per heavy atom. The molecule has 1 heterocycles. The normalized spacial score (nSPS) is 15.7. The molecule has 1 aliphatic rings. The summed E-state index contributed by atoms with van der Waals surface area (Å²) in [4.78, 5) is 8.83. The van der Waals surface area contributed by atoms with Crippen LogP contribution in [-0.4, -0.2) is 29.2 Å². The van der Waals surface area contributed by atoms with E-state index in [1.54, 1.807) is 0 Å². The van der Waals surface area contributed by atoms with E-state index in [1.165, 1.54) is 12.8 Å². The first-order valence-electron chi connectivity index (χ1n) is 7.18.